The monoisotopic (exact) mass is 235 g/mol. The molecular formula is C11H17N5O. The lowest BCUT2D eigenvalue weighted by Crippen LogP contribution is -2.55. The van der Waals surface area contributed by atoms with Gasteiger partial charge in [-0.05, 0) is 6.42 Å². The largest absolute Gasteiger partial charge is 0.372 e. The van der Waals surface area contributed by atoms with Crippen LogP contribution in [0.25, 0.3) is 0 Å². The number of amides is 1. The molecule has 1 unspecified atom stereocenters. The molecule has 1 aliphatic heterocycles. The molecule has 1 aromatic rings. The Labute approximate surface area is 100 Å². The summed E-state index contributed by atoms with van der Waals surface area (Å²) < 4.78 is 0. The SMILES string of the molecule is CCC1C(=O)NCCN1c1cncc(NC)n1. The first-order valence-corrected chi connectivity index (χ1v) is 5.80. The third kappa shape index (κ3) is 2.30. The van der Waals surface area contributed by atoms with Crippen molar-refractivity contribution >= 4 is 17.5 Å². The van der Waals surface area contributed by atoms with E-state index in [9.17, 15) is 4.79 Å². The second-order valence-electron chi connectivity index (χ2n) is 3.92. The zero-order valence-electron chi connectivity index (χ0n) is 10.1. The second kappa shape index (κ2) is 4.99. The van der Waals surface area contributed by atoms with Gasteiger partial charge in [0, 0.05) is 20.1 Å². The van der Waals surface area contributed by atoms with Gasteiger partial charge in [-0.1, -0.05) is 6.92 Å². The summed E-state index contributed by atoms with van der Waals surface area (Å²) in [5, 5.41) is 5.82. The number of hydrogen-bond acceptors (Lipinski definition) is 5. The highest BCUT2D eigenvalue weighted by atomic mass is 16.2. The van der Waals surface area contributed by atoms with Crippen LogP contribution in [0.3, 0.4) is 0 Å². The van der Waals surface area contributed by atoms with Crippen LogP contribution in [0.2, 0.25) is 0 Å². The van der Waals surface area contributed by atoms with Gasteiger partial charge in [0.25, 0.3) is 0 Å². The third-order valence-corrected chi connectivity index (χ3v) is 2.89. The number of carbonyl (C=O) groups excluding carboxylic acids is 1. The van der Waals surface area contributed by atoms with Crippen LogP contribution < -0.4 is 15.5 Å². The molecule has 1 aliphatic rings. The second-order valence-corrected chi connectivity index (χ2v) is 3.92. The Hall–Kier alpha value is -1.85. The van der Waals surface area contributed by atoms with Gasteiger partial charge in [-0.15, -0.1) is 0 Å². The Morgan fingerprint density at radius 3 is 3.12 bits per heavy atom. The number of rotatable bonds is 3. The summed E-state index contributed by atoms with van der Waals surface area (Å²) in [4.78, 5) is 22.3. The fraction of sp³-hybridized carbons (Fsp3) is 0.545. The average molecular weight is 235 g/mol. The topological polar surface area (TPSA) is 70.2 Å². The zero-order valence-corrected chi connectivity index (χ0v) is 10.1. The summed E-state index contributed by atoms with van der Waals surface area (Å²) in [7, 11) is 1.80. The van der Waals surface area contributed by atoms with Gasteiger partial charge >= 0.3 is 0 Å². The molecule has 2 N–H and O–H groups in total. The van der Waals surface area contributed by atoms with E-state index >= 15 is 0 Å². The van der Waals surface area contributed by atoms with Crippen LogP contribution in [0.15, 0.2) is 12.4 Å². The van der Waals surface area contributed by atoms with E-state index < -0.39 is 0 Å². The van der Waals surface area contributed by atoms with Crippen LogP contribution in [0, 0.1) is 0 Å². The van der Waals surface area contributed by atoms with E-state index in [0.29, 0.717) is 12.4 Å². The van der Waals surface area contributed by atoms with E-state index in [4.69, 9.17) is 0 Å². The maximum atomic E-state index is 11.7. The van der Waals surface area contributed by atoms with Crippen molar-refractivity contribution in [3.8, 4) is 0 Å². The highest BCUT2D eigenvalue weighted by molar-refractivity contribution is 5.86. The van der Waals surface area contributed by atoms with Gasteiger partial charge < -0.3 is 15.5 Å². The summed E-state index contributed by atoms with van der Waals surface area (Å²) in [5.41, 5.74) is 0. The van der Waals surface area contributed by atoms with Crippen molar-refractivity contribution in [3.63, 3.8) is 0 Å². The molecule has 0 radical (unpaired) electrons. The lowest BCUT2D eigenvalue weighted by molar-refractivity contribution is -0.123. The number of carbonyl (C=O) groups is 1. The molecule has 0 aliphatic carbocycles. The fourth-order valence-corrected chi connectivity index (χ4v) is 2.01. The van der Waals surface area contributed by atoms with Crippen molar-refractivity contribution < 1.29 is 4.79 Å². The average Bonchev–Trinajstić information content (AvgIpc) is 2.38. The molecule has 6 heteroatoms. The van der Waals surface area contributed by atoms with E-state index in [1.54, 1.807) is 19.4 Å². The lowest BCUT2D eigenvalue weighted by Gasteiger charge is -2.35. The Balaban J connectivity index is 2.27. The number of aromatic nitrogens is 2. The molecule has 1 saturated heterocycles. The molecule has 2 heterocycles. The van der Waals surface area contributed by atoms with Crippen molar-refractivity contribution in [3.05, 3.63) is 12.4 Å². The molecule has 2 rings (SSSR count). The standard InChI is InChI=1S/C11H17N5O/c1-3-8-11(17)14-4-5-16(8)10-7-13-6-9(12-2)15-10/h6-8H,3-5H2,1-2H3,(H,12,15)(H,14,17). The molecule has 1 atom stereocenters. The molecular weight excluding hydrogens is 218 g/mol. The maximum Gasteiger partial charge on any atom is 0.242 e. The van der Waals surface area contributed by atoms with Crippen molar-refractivity contribution in [1.29, 1.82) is 0 Å². The molecule has 6 nitrogen and oxygen atoms in total. The molecule has 1 aromatic heterocycles. The Morgan fingerprint density at radius 2 is 2.41 bits per heavy atom. The van der Waals surface area contributed by atoms with Crippen molar-refractivity contribution in [1.82, 2.24) is 15.3 Å². The fourth-order valence-electron chi connectivity index (χ4n) is 2.01. The number of piperazine rings is 1. The number of nitrogens with one attached hydrogen (secondary N) is 2. The van der Waals surface area contributed by atoms with Crippen molar-refractivity contribution in [2.75, 3.05) is 30.4 Å². The van der Waals surface area contributed by atoms with Crippen LogP contribution >= 0.6 is 0 Å². The predicted molar refractivity (Wildman–Crippen MR) is 66.0 cm³/mol. The summed E-state index contributed by atoms with van der Waals surface area (Å²) in [6.07, 6.45) is 4.12. The van der Waals surface area contributed by atoms with Gasteiger partial charge in [0.15, 0.2) is 0 Å². The van der Waals surface area contributed by atoms with E-state index in [1.165, 1.54) is 0 Å². The number of hydrogen-bond donors (Lipinski definition) is 2. The van der Waals surface area contributed by atoms with Gasteiger partial charge in [-0.3, -0.25) is 9.78 Å². The Kier molecular flexibility index (Phi) is 3.41. The summed E-state index contributed by atoms with van der Waals surface area (Å²) in [5.74, 6) is 1.53. The molecule has 17 heavy (non-hydrogen) atoms. The van der Waals surface area contributed by atoms with Gasteiger partial charge in [0.05, 0.1) is 12.4 Å². The molecule has 0 spiro atoms. The first-order chi connectivity index (χ1) is 8.26. The van der Waals surface area contributed by atoms with Crippen molar-refractivity contribution in [2.24, 2.45) is 0 Å². The Bertz CT molecular complexity index is 409. The minimum Gasteiger partial charge on any atom is -0.372 e. The van der Waals surface area contributed by atoms with Crippen LogP contribution in [0.4, 0.5) is 11.6 Å². The number of nitrogens with zero attached hydrogens (tertiary/aromatic N) is 3. The highest BCUT2D eigenvalue weighted by Gasteiger charge is 2.29. The maximum absolute atomic E-state index is 11.7. The molecule has 1 amide bonds. The zero-order chi connectivity index (χ0) is 12.3. The van der Waals surface area contributed by atoms with Crippen molar-refractivity contribution in [2.45, 2.75) is 19.4 Å². The van der Waals surface area contributed by atoms with Crippen LogP contribution in [-0.4, -0.2) is 42.1 Å². The van der Waals surface area contributed by atoms with E-state index in [1.807, 2.05) is 11.8 Å². The first-order valence-electron chi connectivity index (χ1n) is 5.80. The van der Waals surface area contributed by atoms with Crippen LogP contribution in [-0.2, 0) is 4.79 Å². The minimum atomic E-state index is -0.148. The summed E-state index contributed by atoms with van der Waals surface area (Å²) >= 11 is 0. The number of anilines is 2. The quantitative estimate of drug-likeness (QED) is 0.785. The smallest absolute Gasteiger partial charge is 0.242 e. The van der Waals surface area contributed by atoms with Gasteiger partial charge in [0.2, 0.25) is 5.91 Å². The summed E-state index contributed by atoms with van der Waals surface area (Å²) in [6, 6.07) is -0.148. The molecule has 1 fully saturated rings. The van der Waals surface area contributed by atoms with E-state index in [-0.39, 0.29) is 11.9 Å². The van der Waals surface area contributed by atoms with E-state index in [2.05, 4.69) is 20.6 Å². The lowest BCUT2D eigenvalue weighted by atomic mass is 10.1. The van der Waals surface area contributed by atoms with Crippen LogP contribution in [0.5, 0.6) is 0 Å². The summed E-state index contributed by atoms with van der Waals surface area (Å²) in [6.45, 7) is 3.42. The normalized spacial score (nSPS) is 20.0. The first kappa shape index (κ1) is 11.6. The third-order valence-electron chi connectivity index (χ3n) is 2.89. The van der Waals surface area contributed by atoms with Crippen LogP contribution in [0.1, 0.15) is 13.3 Å². The molecule has 0 aromatic carbocycles. The van der Waals surface area contributed by atoms with E-state index in [0.717, 1.165) is 18.8 Å². The molecule has 92 valence electrons. The highest BCUT2D eigenvalue weighted by Crippen LogP contribution is 2.18. The van der Waals surface area contributed by atoms with Gasteiger partial charge in [-0.25, -0.2) is 4.98 Å². The molecule has 0 saturated carbocycles. The minimum absolute atomic E-state index is 0.0652. The van der Waals surface area contributed by atoms with Gasteiger partial charge in [-0.2, -0.15) is 0 Å². The Morgan fingerprint density at radius 1 is 1.59 bits per heavy atom. The predicted octanol–water partition coefficient (Wildman–Crippen LogP) is 0.233. The molecule has 0 bridgehead atoms. The van der Waals surface area contributed by atoms with Gasteiger partial charge in [0.1, 0.15) is 17.7 Å².